The molecule has 0 fully saturated rings. The average molecular weight is 302 g/mol. The minimum Gasteiger partial charge on any atom is -0.465 e. The van der Waals surface area contributed by atoms with Gasteiger partial charge in [0.25, 0.3) is 0 Å². The van der Waals surface area contributed by atoms with Crippen molar-refractivity contribution in [3.63, 3.8) is 0 Å². The van der Waals surface area contributed by atoms with Crippen molar-refractivity contribution in [2.75, 3.05) is 7.11 Å². The number of thiocarbonyl (C=S) groups is 1. The van der Waals surface area contributed by atoms with Gasteiger partial charge in [-0.3, -0.25) is 0 Å². The molecule has 0 aliphatic rings. The fourth-order valence-electron chi connectivity index (χ4n) is 2.08. The van der Waals surface area contributed by atoms with Gasteiger partial charge in [-0.1, -0.05) is 54.7 Å². The molecule has 0 atom stereocenters. The molecule has 2 rings (SSSR count). The highest BCUT2D eigenvalue weighted by Crippen LogP contribution is 2.22. The highest BCUT2D eigenvalue weighted by molar-refractivity contribution is 8.11. The summed E-state index contributed by atoms with van der Waals surface area (Å²) in [6.45, 7) is 0. The molecule has 0 aliphatic heterocycles. The number of thiol groups is 1. The normalized spacial score (nSPS) is 10.1. The third-order valence-corrected chi connectivity index (χ3v) is 3.50. The predicted octanol–water partition coefficient (Wildman–Crippen LogP) is 3.67. The molecule has 2 aromatic carbocycles. The van der Waals surface area contributed by atoms with E-state index in [4.69, 9.17) is 17.0 Å². The van der Waals surface area contributed by atoms with E-state index < -0.39 is 0 Å². The standard InChI is InChI=1S/C16H14O2S2/c1-18-15(17)12-8-5-9-13(16(19)20)14(12)10-11-6-3-2-4-7-11/h2-9H,10H2,1H3,(H,19,20). The molecular formula is C16H14O2S2. The maximum Gasteiger partial charge on any atom is 0.338 e. The first-order valence-electron chi connectivity index (χ1n) is 6.11. The van der Waals surface area contributed by atoms with Gasteiger partial charge in [-0.15, -0.1) is 12.6 Å². The van der Waals surface area contributed by atoms with Crippen LogP contribution in [0.4, 0.5) is 0 Å². The lowest BCUT2D eigenvalue weighted by Crippen LogP contribution is -2.10. The molecule has 0 radical (unpaired) electrons. The molecule has 20 heavy (non-hydrogen) atoms. The summed E-state index contributed by atoms with van der Waals surface area (Å²) >= 11 is 9.41. The number of rotatable bonds is 4. The van der Waals surface area contributed by atoms with E-state index in [2.05, 4.69) is 12.6 Å². The Balaban J connectivity index is 2.52. The zero-order valence-electron chi connectivity index (χ0n) is 11.0. The second-order valence-corrected chi connectivity index (χ2v) is 5.45. The van der Waals surface area contributed by atoms with Crippen LogP contribution < -0.4 is 0 Å². The van der Waals surface area contributed by atoms with Crippen LogP contribution >= 0.6 is 24.8 Å². The van der Waals surface area contributed by atoms with Gasteiger partial charge in [0.1, 0.15) is 0 Å². The Hall–Kier alpha value is -1.65. The summed E-state index contributed by atoms with van der Waals surface area (Å²) in [5.41, 5.74) is 3.29. The van der Waals surface area contributed by atoms with Crippen LogP contribution in [0.3, 0.4) is 0 Å². The molecule has 0 saturated carbocycles. The molecule has 102 valence electrons. The molecule has 0 N–H and O–H groups in total. The van der Waals surface area contributed by atoms with Crippen molar-refractivity contribution < 1.29 is 9.53 Å². The second-order valence-electron chi connectivity index (χ2n) is 4.29. The van der Waals surface area contributed by atoms with Crippen LogP contribution in [0.15, 0.2) is 48.5 Å². The summed E-state index contributed by atoms with van der Waals surface area (Å²) in [4.78, 5) is 11.9. The monoisotopic (exact) mass is 302 g/mol. The first-order valence-corrected chi connectivity index (χ1v) is 6.96. The summed E-state index contributed by atoms with van der Waals surface area (Å²) in [6.07, 6.45) is 0.613. The first kappa shape index (κ1) is 14.8. The fourth-order valence-corrected chi connectivity index (χ4v) is 2.48. The number of esters is 1. The lowest BCUT2D eigenvalue weighted by atomic mass is 9.95. The highest BCUT2D eigenvalue weighted by atomic mass is 32.1. The largest absolute Gasteiger partial charge is 0.465 e. The summed E-state index contributed by atoms with van der Waals surface area (Å²) in [6, 6.07) is 15.3. The smallest absolute Gasteiger partial charge is 0.338 e. The lowest BCUT2D eigenvalue weighted by molar-refractivity contribution is 0.0599. The second kappa shape index (κ2) is 6.68. The minimum atomic E-state index is -0.359. The third-order valence-electron chi connectivity index (χ3n) is 3.04. The van der Waals surface area contributed by atoms with Crippen LogP contribution in [-0.4, -0.2) is 17.3 Å². The molecule has 2 aromatic rings. The molecule has 0 unspecified atom stereocenters. The summed E-state index contributed by atoms with van der Waals surface area (Å²) in [7, 11) is 1.38. The summed E-state index contributed by atoms with van der Waals surface area (Å²) in [5.74, 6) is -0.359. The van der Waals surface area contributed by atoms with E-state index in [0.29, 0.717) is 16.2 Å². The molecule has 0 spiro atoms. The van der Waals surface area contributed by atoms with Gasteiger partial charge < -0.3 is 4.74 Å². The van der Waals surface area contributed by atoms with Crippen LogP contribution in [0, 0.1) is 0 Å². The van der Waals surface area contributed by atoms with Crippen LogP contribution in [0.1, 0.15) is 27.0 Å². The van der Waals surface area contributed by atoms with E-state index in [1.54, 1.807) is 12.1 Å². The Morgan fingerprint density at radius 3 is 2.35 bits per heavy atom. The van der Waals surface area contributed by atoms with Gasteiger partial charge in [-0.2, -0.15) is 0 Å². The van der Waals surface area contributed by atoms with E-state index in [1.807, 2.05) is 36.4 Å². The van der Waals surface area contributed by atoms with Gasteiger partial charge in [0, 0.05) is 5.56 Å². The van der Waals surface area contributed by atoms with Crippen LogP contribution in [0.2, 0.25) is 0 Å². The average Bonchev–Trinajstić information content (AvgIpc) is 2.47. The molecule has 4 heteroatoms. The van der Waals surface area contributed by atoms with E-state index in [0.717, 1.165) is 16.7 Å². The van der Waals surface area contributed by atoms with Gasteiger partial charge >= 0.3 is 5.97 Å². The van der Waals surface area contributed by atoms with Crippen molar-refractivity contribution in [2.24, 2.45) is 0 Å². The summed E-state index contributed by atoms with van der Waals surface area (Å²) < 4.78 is 5.32. The van der Waals surface area contributed by atoms with Crippen LogP contribution in [0.25, 0.3) is 0 Å². The molecule has 0 heterocycles. The van der Waals surface area contributed by atoms with E-state index in [-0.39, 0.29) is 5.97 Å². The Morgan fingerprint density at radius 1 is 1.10 bits per heavy atom. The van der Waals surface area contributed by atoms with Gasteiger partial charge in [0.15, 0.2) is 0 Å². The van der Waals surface area contributed by atoms with Gasteiger partial charge in [-0.05, 0) is 23.6 Å². The Bertz CT molecular complexity index is 636. The van der Waals surface area contributed by atoms with Crippen LogP contribution in [-0.2, 0) is 11.2 Å². The molecule has 0 saturated heterocycles. The number of carbonyl (C=O) groups is 1. The van der Waals surface area contributed by atoms with Gasteiger partial charge in [-0.25, -0.2) is 4.79 Å². The van der Waals surface area contributed by atoms with Crippen molar-refractivity contribution >= 4 is 35.0 Å². The third kappa shape index (κ3) is 3.26. The number of carbonyl (C=O) groups excluding carboxylic acids is 1. The van der Waals surface area contributed by atoms with Crippen LogP contribution in [0.5, 0.6) is 0 Å². The van der Waals surface area contributed by atoms with Crippen molar-refractivity contribution in [2.45, 2.75) is 6.42 Å². The van der Waals surface area contributed by atoms with E-state index >= 15 is 0 Å². The van der Waals surface area contributed by atoms with E-state index in [9.17, 15) is 4.79 Å². The van der Waals surface area contributed by atoms with Gasteiger partial charge in [0.2, 0.25) is 0 Å². The zero-order valence-corrected chi connectivity index (χ0v) is 12.7. The number of benzene rings is 2. The molecule has 0 aliphatic carbocycles. The fraction of sp³-hybridized carbons (Fsp3) is 0.125. The maximum atomic E-state index is 11.9. The van der Waals surface area contributed by atoms with Crippen molar-refractivity contribution in [1.29, 1.82) is 0 Å². The minimum absolute atomic E-state index is 0.359. The summed E-state index contributed by atoms with van der Waals surface area (Å²) in [5, 5.41) is 0. The molecule has 0 bridgehead atoms. The number of ether oxygens (including phenoxy) is 1. The first-order chi connectivity index (χ1) is 9.63. The molecule has 0 aromatic heterocycles. The van der Waals surface area contributed by atoms with E-state index in [1.165, 1.54) is 7.11 Å². The Kier molecular flexibility index (Phi) is 4.93. The number of hydrogen-bond acceptors (Lipinski definition) is 3. The Morgan fingerprint density at radius 2 is 1.75 bits per heavy atom. The zero-order chi connectivity index (χ0) is 14.5. The Labute approximate surface area is 129 Å². The highest BCUT2D eigenvalue weighted by Gasteiger charge is 2.16. The molecule has 0 amide bonds. The quantitative estimate of drug-likeness (QED) is 0.530. The maximum absolute atomic E-state index is 11.9. The van der Waals surface area contributed by atoms with Crippen molar-refractivity contribution in [3.8, 4) is 0 Å². The molecule has 2 nitrogen and oxygen atoms in total. The topological polar surface area (TPSA) is 26.3 Å². The van der Waals surface area contributed by atoms with Gasteiger partial charge in [0.05, 0.1) is 16.9 Å². The molecular weight excluding hydrogens is 288 g/mol. The van der Waals surface area contributed by atoms with Crippen molar-refractivity contribution in [3.05, 3.63) is 70.8 Å². The number of hydrogen-bond donors (Lipinski definition) is 1. The van der Waals surface area contributed by atoms with Crippen molar-refractivity contribution in [1.82, 2.24) is 0 Å². The SMILES string of the molecule is COC(=O)c1cccc(C(=S)S)c1Cc1ccccc1. The predicted molar refractivity (Wildman–Crippen MR) is 87.7 cm³/mol. The number of methoxy groups -OCH3 is 1. The lowest BCUT2D eigenvalue weighted by Gasteiger charge is -2.13.